The second-order valence-electron chi connectivity index (χ2n) is 6.34. The number of hydrogen-bond donors (Lipinski definition) is 1. The maximum absolute atomic E-state index is 12.9. The van der Waals surface area contributed by atoms with Gasteiger partial charge in [-0.25, -0.2) is 17.6 Å². The van der Waals surface area contributed by atoms with Gasteiger partial charge in [-0.2, -0.15) is 0 Å². The molecule has 3 heterocycles. The molecular formula is C18H14F4N4O2. The highest BCUT2D eigenvalue weighted by Gasteiger charge is 2.32. The first-order valence-corrected chi connectivity index (χ1v) is 8.36. The van der Waals surface area contributed by atoms with E-state index in [2.05, 4.69) is 15.5 Å². The van der Waals surface area contributed by atoms with Gasteiger partial charge in [-0.3, -0.25) is 15.2 Å². The Morgan fingerprint density at radius 1 is 1.25 bits per heavy atom. The normalized spacial score (nSPS) is 18.4. The van der Waals surface area contributed by atoms with Crippen molar-refractivity contribution in [1.29, 1.82) is 0 Å². The monoisotopic (exact) mass is 394 g/mol. The smallest absolute Gasteiger partial charge is 0.294 e. The summed E-state index contributed by atoms with van der Waals surface area (Å²) in [4.78, 5) is 18.4. The zero-order chi connectivity index (χ0) is 19.8. The maximum Gasteiger partial charge on any atom is 0.294 e. The van der Waals surface area contributed by atoms with Gasteiger partial charge in [0.15, 0.2) is 0 Å². The minimum atomic E-state index is -2.76. The number of hydrazone groups is 1. The number of benzene rings is 1. The fourth-order valence-corrected chi connectivity index (χ4v) is 3.06. The molecule has 146 valence electrons. The Hall–Kier alpha value is -3.17. The topological polar surface area (TPSA) is 66.8 Å². The lowest BCUT2D eigenvalue weighted by Crippen LogP contribution is -2.30. The Balaban J connectivity index is 1.51. The molecular weight excluding hydrogens is 380 g/mol. The lowest BCUT2D eigenvalue weighted by molar-refractivity contribution is 0.000577. The third-order valence-corrected chi connectivity index (χ3v) is 4.41. The van der Waals surface area contributed by atoms with E-state index in [0.717, 1.165) is 0 Å². The molecule has 0 spiro atoms. The number of rotatable bonds is 5. The standard InChI is InChI=1S/C18H14F4N4O2/c19-14(20)10-3-1-2-9(4-10)7-26-8-13-12(18(26)27)5-11(6-23-13)16-24-25-17(28-16)15(21)22/h1-6,14-15,17,25H,7-8H2. The van der Waals surface area contributed by atoms with E-state index in [-0.39, 0.29) is 30.5 Å². The summed E-state index contributed by atoms with van der Waals surface area (Å²) in [6, 6.07) is 7.35. The number of nitrogens with zero attached hydrogens (tertiary/aromatic N) is 3. The van der Waals surface area contributed by atoms with Crippen molar-refractivity contribution in [3.8, 4) is 0 Å². The molecule has 0 saturated carbocycles. The highest BCUT2D eigenvalue weighted by molar-refractivity contribution is 6.01. The molecule has 2 aliphatic heterocycles. The van der Waals surface area contributed by atoms with Gasteiger partial charge in [0, 0.05) is 18.3 Å². The van der Waals surface area contributed by atoms with E-state index in [4.69, 9.17) is 4.74 Å². The van der Waals surface area contributed by atoms with Crippen LogP contribution in [0.4, 0.5) is 17.6 Å². The van der Waals surface area contributed by atoms with Gasteiger partial charge in [0.05, 0.1) is 23.4 Å². The number of amides is 1. The number of carbonyl (C=O) groups is 1. The summed E-state index contributed by atoms with van der Waals surface area (Å²) < 4.78 is 56.1. The second kappa shape index (κ2) is 7.10. The van der Waals surface area contributed by atoms with Gasteiger partial charge >= 0.3 is 0 Å². The van der Waals surface area contributed by atoms with Gasteiger partial charge in [0.1, 0.15) is 0 Å². The number of aromatic nitrogens is 1. The number of carbonyl (C=O) groups excluding carboxylic acids is 1. The second-order valence-corrected chi connectivity index (χ2v) is 6.34. The molecule has 1 aromatic heterocycles. The van der Waals surface area contributed by atoms with Crippen molar-refractivity contribution in [2.24, 2.45) is 5.10 Å². The van der Waals surface area contributed by atoms with E-state index in [0.29, 0.717) is 22.4 Å². The van der Waals surface area contributed by atoms with E-state index in [1.165, 1.54) is 35.4 Å². The van der Waals surface area contributed by atoms with Crippen molar-refractivity contribution in [2.75, 3.05) is 0 Å². The van der Waals surface area contributed by atoms with E-state index in [9.17, 15) is 22.4 Å². The Morgan fingerprint density at radius 3 is 2.79 bits per heavy atom. The van der Waals surface area contributed by atoms with Gasteiger partial charge in [0.25, 0.3) is 18.8 Å². The van der Waals surface area contributed by atoms with Crippen LogP contribution in [0, 0.1) is 0 Å². The largest absolute Gasteiger partial charge is 0.444 e. The Bertz CT molecular complexity index is 951. The minimum Gasteiger partial charge on any atom is -0.444 e. The number of nitrogens with one attached hydrogen (secondary N) is 1. The molecule has 1 atom stereocenters. The molecule has 6 nitrogen and oxygen atoms in total. The average Bonchev–Trinajstić information content (AvgIpc) is 3.28. The van der Waals surface area contributed by atoms with Crippen molar-refractivity contribution in [1.82, 2.24) is 15.3 Å². The Kier molecular flexibility index (Phi) is 4.62. The third-order valence-electron chi connectivity index (χ3n) is 4.41. The van der Waals surface area contributed by atoms with E-state index < -0.39 is 19.1 Å². The van der Waals surface area contributed by atoms with Gasteiger partial charge in [0.2, 0.25) is 12.1 Å². The van der Waals surface area contributed by atoms with Crippen molar-refractivity contribution >= 4 is 11.8 Å². The molecule has 1 aromatic carbocycles. The Morgan fingerprint density at radius 2 is 2.07 bits per heavy atom. The molecule has 0 aliphatic carbocycles. The van der Waals surface area contributed by atoms with Crippen LogP contribution < -0.4 is 5.43 Å². The van der Waals surface area contributed by atoms with Crippen LogP contribution in [-0.4, -0.2) is 34.3 Å². The van der Waals surface area contributed by atoms with Crippen molar-refractivity contribution in [3.05, 3.63) is 64.5 Å². The fourth-order valence-electron chi connectivity index (χ4n) is 3.06. The zero-order valence-corrected chi connectivity index (χ0v) is 14.3. The average molecular weight is 394 g/mol. The summed E-state index contributed by atoms with van der Waals surface area (Å²) in [5, 5.41) is 3.70. The summed E-state index contributed by atoms with van der Waals surface area (Å²) in [5.41, 5.74) is 3.74. The molecule has 1 amide bonds. The molecule has 1 unspecified atom stereocenters. The first-order chi connectivity index (χ1) is 13.4. The maximum atomic E-state index is 12.9. The molecule has 0 saturated heterocycles. The van der Waals surface area contributed by atoms with Crippen LogP contribution in [0.2, 0.25) is 0 Å². The number of pyridine rings is 1. The van der Waals surface area contributed by atoms with Gasteiger partial charge in [-0.1, -0.05) is 18.2 Å². The van der Waals surface area contributed by atoms with Crippen LogP contribution in [0.1, 0.15) is 39.2 Å². The lowest BCUT2D eigenvalue weighted by atomic mass is 10.1. The highest BCUT2D eigenvalue weighted by atomic mass is 19.3. The summed E-state index contributed by atoms with van der Waals surface area (Å²) in [7, 11) is 0. The molecule has 0 bridgehead atoms. The lowest BCUT2D eigenvalue weighted by Gasteiger charge is -2.15. The Labute approximate surface area is 156 Å². The minimum absolute atomic E-state index is 0.0727. The summed E-state index contributed by atoms with van der Waals surface area (Å²) in [6.45, 7) is 0.371. The van der Waals surface area contributed by atoms with E-state index >= 15 is 0 Å². The molecule has 10 heteroatoms. The van der Waals surface area contributed by atoms with Crippen molar-refractivity contribution in [2.45, 2.75) is 32.2 Å². The zero-order valence-electron chi connectivity index (χ0n) is 14.3. The number of halogens is 4. The molecule has 28 heavy (non-hydrogen) atoms. The highest BCUT2D eigenvalue weighted by Crippen LogP contribution is 2.26. The third kappa shape index (κ3) is 3.37. The molecule has 2 aliphatic rings. The quantitative estimate of drug-likeness (QED) is 0.792. The molecule has 4 rings (SSSR count). The number of hydrogen-bond acceptors (Lipinski definition) is 5. The fraction of sp³-hybridized carbons (Fsp3) is 0.278. The molecule has 0 fully saturated rings. The predicted octanol–water partition coefficient (Wildman–Crippen LogP) is 3.05. The summed E-state index contributed by atoms with van der Waals surface area (Å²) in [6.07, 6.45) is -5.50. The first-order valence-electron chi connectivity index (χ1n) is 8.36. The van der Waals surface area contributed by atoms with Crippen LogP contribution in [0.25, 0.3) is 0 Å². The molecule has 1 N–H and O–H groups in total. The number of alkyl halides is 4. The van der Waals surface area contributed by atoms with Gasteiger partial charge in [-0.15, -0.1) is 5.10 Å². The van der Waals surface area contributed by atoms with Crippen LogP contribution >= 0.6 is 0 Å². The van der Waals surface area contributed by atoms with Crippen molar-refractivity contribution < 1.29 is 27.1 Å². The number of fused-ring (bicyclic) bond motifs is 1. The van der Waals surface area contributed by atoms with Crippen LogP contribution in [0.3, 0.4) is 0 Å². The van der Waals surface area contributed by atoms with Crippen molar-refractivity contribution in [3.63, 3.8) is 0 Å². The van der Waals surface area contributed by atoms with Gasteiger partial charge < -0.3 is 9.64 Å². The van der Waals surface area contributed by atoms with E-state index in [1.54, 1.807) is 6.07 Å². The van der Waals surface area contributed by atoms with Crippen LogP contribution in [0.15, 0.2) is 41.6 Å². The SMILES string of the molecule is O=C1c2cc(C3=NNC(C(F)F)O3)cnc2CN1Cc1cccc(C(F)F)c1. The molecule has 2 aromatic rings. The van der Waals surface area contributed by atoms with Crippen LogP contribution in [0.5, 0.6) is 0 Å². The number of ether oxygens (including phenoxy) is 1. The summed E-state index contributed by atoms with van der Waals surface area (Å²) in [5.74, 6) is -0.403. The molecule has 0 radical (unpaired) electrons. The van der Waals surface area contributed by atoms with Crippen LogP contribution in [-0.2, 0) is 17.8 Å². The first kappa shape index (κ1) is 18.2. The summed E-state index contributed by atoms with van der Waals surface area (Å²) >= 11 is 0. The van der Waals surface area contributed by atoms with E-state index in [1.807, 2.05) is 0 Å². The van der Waals surface area contributed by atoms with Gasteiger partial charge in [-0.05, 0) is 17.7 Å². The predicted molar refractivity (Wildman–Crippen MR) is 89.8 cm³/mol.